The van der Waals surface area contributed by atoms with Crippen LogP contribution in [0.1, 0.15) is 187 Å². The van der Waals surface area contributed by atoms with Gasteiger partial charge >= 0.3 is 11.9 Å². The second kappa shape index (κ2) is 28.0. The molecule has 0 aromatic heterocycles. The first-order chi connectivity index (χ1) is 18.0. The molecule has 37 heavy (non-hydrogen) atoms. The number of unbranched alkanes of at least 4 members (excludes halogenated alkanes) is 20. The number of carbonyl (C=O) groups is 2. The van der Waals surface area contributed by atoms with Crippen molar-refractivity contribution < 1.29 is 19.8 Å². The minimum absolute atomic E-state index is 0.226. The third kappa shape index (κ3) is 25.0. The fourth-order valence-corrected chi connectivity index (χ4v) is 5.71. The molecule has 0 radical (unpaired) electrons. The fourth-order valence-electron chi connectivity index (χ4n) is 5.71. The van der Waals surface area contributed by atoms with E-state index >= 15 is 0 Å². The Morgan fingerprint density at radius 1 is 0.459 bits per heavy atom. The van der Waals surface area contributed by atoms with Gasteiger partial charge in [-0.15, -0.1) is 0 Å². The normalized spacial score (nSPS) is 13.0. The molecule has 0 aromatic rings. The van der Waals surface area contributed by atoms with Crippen LogP contribution in [0.5, 0.6) is 0 Å². The molecule has 0 aliphatic heterocycles. The van der Waals surface area contributed by atoms with Crippen LogP contribution in [0.4, 0.5) is 0 Å². The van der Waals surface area contributed by atoms with Crippen LogP contribution in [0.2, 0.25) is 0 Å². The molecule has 0 aromatic carbocycles. The summed E-state index contributed by atoms with van der Waals surface area (Å²) in [6.45, 7) is 4.52. The molecule has 2 atom stereocenters. The van der Waals surface area contributed by atoms with Crippen LogP contribution in [0.15, 0.2) is 0 Å². The molecule has 0 bridgehead atoms. The predicted octanol–water partition coefficient (Wildman–Crippen LogP) is 11.0. The fraction of sp³-hybridized carbons (Fsp3) is 0.939. The van der Waals surface area contributed by atoms with Crippen LogP contribution >= 0.6 is 0 Å². The van der Waals surface area contributed by atoms with Crippen molar-refractivity contribution in [2.45, 2.75) is 187 Å². The maximum Gasteiger partial charge on any atom is 0.306 e. The van der Waals surface area contributed by atoms with Gasteiger partial charge in [0, 0.05) is 6.42 Å². The van der Waals surface area contributed by atoms with E-state index in [0.717, 1.165) is 51.4 Å². The molecule has 0 saturated heterocycles. The smallest absolute Gasteiger partial charge is 0.306 e. The minimum Gasteiger partial charge on any atom is -0.481 e. The second-order valence-electron chi connectivity index (χ2n) is 11.6. The maximum absolute atomic E-state index is 12.2. The van der Waals surface area contributed by atoms with E-state index in [-0.39, 0.29) is 18.3 Å². The van der Waals surface area contributed by atoms with Gasteiger partial charge in [0.1, 0.15) is 0 Å². The highest BCUT2D eigenvalue weighted by Crippen LogP contribution is 2.30. The number of hydrogen-bond donors (Lipinski definition) is 2. The van der Waals surface area contributed by atoms with E-state index in [1.54, 1.807) is 0 Å². The van der Waals surface area contributed by atoms with Gasteiger partial charge in [-0.3, -0.25) is 9.59 Å². The number of carboxylic acid groups (broad SMARTS) is 2. The molecule has 0 amide bonds. The molecule has 4 nitrogen and oxygen atoms in total. The van der Waals surface area contributed by atoms with E-state index in [1.165, 1.54) is 109 Å². The van der Waals surface area contributed by atoms with E-state index in [2.05, 4.69) is 13.8 Å². The summed E-state index contributed by atoms with van der Waals surface area (Å²) in [5, 5.41) is 18.9. The van der Waals surface area contributed by atoms with Crippen molar-refractivity contribution in [1.82, 2.24) is 0 Å². The van der Waals surface area contributed by atoms with Crippen LogP contribution in [0, 0.1) is 11.8 Å². The quantitative estimate of drug-likeness (QED) is 0.0916. The van der Waals surface area contributed by atoms with E-state index < -0.39 is 11.9 Å². The summed E-state index contributed by atoms with van der Waals surface area (Å²) in [5.41, 5.74) is 0. The first-order valence-corrected chi connectivity index (χ1v) is 16.5. The number of carboxylic acids is 2. The van der Waals surface area contributed by atoms with Gasteiger partial charge in [-0.05, 0) is 31.6 Å². The van der Waals surface area contributed by atoms with Crippen molar-refractivity contribution in [1.29, 1.82) is 0 Å². The molecule has 0 aliphatic carbocycles. The lowest BCUT2D eigenvalue weighted by molar-refractivity contribution is -0.144. The summed E-state index contributed by atoms with van der Waals surface area (Å²) in [5.74, 6) is -1.33. The number of rotatable bonds is 30. The molecule has 4 heteroatoms. The van der Waals surface area contributed by atoms with Crippen LogP contribution in [0.25, 0.3) is 0 Å². The summed E-state index contributed by atoms with van der Waals surface area (Å²) >= 11 is 0. The van der Waals surface area contributed by atoms with E-state index in [1.807, 2.05) is 0 Å². The molecule has 2 N–H and O–H groups in total. The molecular formula is C33H64O4. The summed E-state index contributed by atoms with van der Waals surface area (Å²) in [6, 6.07) is 0. The number of aliphatic carboxylic acids is 2. The predicted molar refractivity (Wildman–Crippen MR) is 158 cm³/mol. The van der Waals surface area contributed by atoms with Gasteiger partial charge in [-0.2, -0.15) is 0 Å². The van der Waals surface area contributed by atoms with Crippen LogP contribution in [-0.2, 0) is 9.59 Å². The highest BCUT2D eigenvalue weighted by atomic mass is 16.4. The zero-order valence-electron chi connectivity index (χ0n) is 25.0. The third-order valence-electron chi connectivity index (χ3n) is 8.15. The zero-order chi connectivity index (χ0) is 27.4. The van der Waals surface area contributed by atoms with Crippen LogP contribution in [-0.4, -0.2) is 22.2 Å². The zero-order valence-corrected chi connectivity index (χ0v) is 25.0. The minimum atomic E-state index is -0.730. The Hall–Kier alpha value is -1.06. The Morgan fingerprint density at radius 3 is 1.14 bits per heavy atom. The van der Waals surface area contributed by atoms with Gasteiger partial charge in [-0.25, -0.2) is 0 Å². The maximum atomic E-state index is 12.2. The van der Waals surface area contributed by atoms with Crippen molar-refractivity contribution >= 4 is 11.9 Å². The van der Waals surface area contributed by atoms with Gasteiger partial charge in [0.05, 0.1) is 5.92 Å². The summed E-state index contributed by atoms with van der Waals surface area (Å²) < 4.78 is 0. The molecule has 220 valence electrons. The van der Waals surface area contributed by atoms with Crippen molar-refractivity contribution in [3.05, 3.63) is 0 Å². The standard InChI is InChI=1S/C33H64O4/c1-3-5-7-9-11-13-15-17-19-22-26-30(27-23-21-25-29-32(34)35)31(33(36)37)28-24-20-18-16-14-12-10-8-6-4-2/h30-31H,3-29H2,1-2H3,(H,34,35)(H,36,37). The van der Waals surface area contributed by atoms with Crippen LogP contribution < -0.4 is 0 Å². The monoisotopic (exact) mass is 524 g/mol. The molecular weight excluding hydrogens is 460 g/mol. The molecule has 0 saturated carbocycles. The molecule has 0 rings (SSSR count). The molecule has 2 unspecified atom stereocenters. The average molecular weight is 525 g/mol. The van der Waals surface area contributed by atoms with Crippen molar-refractivity contribution in [2.24, 2.45) is 11.8 Å². The molecule has 0 aliphatic rings. The Kier molecular flexibility index (Phi) is 27.2. The highest BCUT2D eigenvalue weighted by molar-refractivity contribution is 5.70. The lowest BCUT2D eigenvalue weighted by atomic mass is 9.80. The lowest BCUT2D eigenvalue weighted by Crippen LogP contribution is -2.24. The van der Waals surface area contributed by atoms with Crippen LogP contribution in [0.3, 0.4) is 0 Å². The summed E-state index contributed by atoms with van der Waals surface area (Å²) in [7, 11) is 0. The van der Waals surface area contributed by atoms with Crippen molar-refractivity contribution in [2.75, 3.05) is 0 Å². The second-order valence-corrected chi connectivity index (χ2v) is 11.6. The molecule has 0 spiro atoms. The Morgan fingerprint density at radius 2 is 0.784 bits per heavy atom. The first kappa shape index (κ1) is 35.9. The average Bonchev–Trinajstić information content (AvgIpc) is 2.87. The number of hydrogen-bond acceptors (Lipinski definition) is 2. The topological polar surface area (TPSA) is 74.6 Å². The van der Waals surface area contributed by atoms with Gasteiger partial charge in [-0.1, -0.05) is 155 Å². The van der Waals surface area contributed by atoms with Crippen molar-refractivity contribution in [3.63, 3.8) is 0 Å². The van der Waals surface area contributed by atoms with E-state index in [0.29, 0.717) is 6.42 Å². The van der Waals surface area contributed by atoms with Gasteiger partial charge in [0.2, 0.25) is 0 Å². The Labute approximate surface area is 230 Å². The highest BCUT2D eigenvalue weighted by Gasteiger charge is 2.27. The van der Waals surface area contributed by atoms with Gasteiger partial charge < -0.3 is 10.2 Å². The molecule has 0 heterocycles. The van der Waals surface area contributed by atoms with Crippen molar-refractivity contribution in [3.8, 4) is 0 Å². The first-order valence-electron chi connectivity index (χ1n) is 16.5. The SMILES string of the molecule is CCCCCCCCCCCCC(CCCCCC(=O)O)C(CCCCCCCCCCCC)C(=O)O. The summed E-state index contributed by atoms with van der Waals surface area (Å²) in [4.78, 5) is 23.0. The third-order valence-corrected chi connectivity index (χ3v) is 8.15. The lowest BCUT2D eigenvalue weighted by Gasteiger charge is -2.24. The largest absolute Gasteiger partial charge is 0.481 e. The Balaban J connectivity index is 4.33. The molecule has 0 fully saturated rings. The van der Waals surface area contributed by atoms with Gasteiger partial charge in [0.25, 0.3) is 0 Å². The Bertz CT molecular complexity index is 505. The van der Waals surface area contributed by atoms with E-state index in [4.69, 9.17) is 5.11 Å². The summed E-state index contributed by atoms with van der Waals surface area (Å²) in [6.07, 6.45) is 31.4. The van der Waals surface area contributed by atoms with E-state index in [9.17, 15) is 14.7 Å². The van der Waals surface area contributed by atoms with Gasteiger partial charge in [0.15, 0.2) is 0 Å².